The van der Waals surface area contributed by atoms with E-state index in [1.165, 1.54) is 6.92 Å². The summed E-state index contributed by atoms with van der Waals surface area (Å²) in [5.74, 6) is -2.36. The Kier molecular flexibility index (Phi) is 15.6. The fourth-order valence-electron chi connectivity index (χ4n) is 3.38. The van der Waals surface area contributed by atoms with E-state index >= 15 is 0 Å². The zero-order valence-corrected chi connectivity index (χ0v) is 22.7. The van der Waals surface area contributed by atoms with Gasteiger partial charge in [-0.2, -0.15) is 5.26 Å². The molecule has 0 aromatic carbocycles. The van der Waals surface area contributed by atoms with Crippen molar-refractivity contribution in [2.45, 2.75) is 98.6 Å². The van der Waals surface area contributed by atoms with Gasteiger partial charge in [0.25, 0.3) is 0 Å². The predicted molar refractivity (Wildman–Crippen MR) is 141 cm³/mol. The first kappa shape index (κ1) is 33.3. The van der Waals surface area contributed by atoms with Crippen molar-refractivity contribution in [3.63, 3.8) is 0 Å². The summed E-state index contributed by atoms with van der Waals surface area (Å²) in [6.45, 7) is 12.6. The highest BCUT2D eigenvalue weighted by molar-refractivity contribution is 6.43. The number of nitrogens with one attached hydrogen (secondary N) is 4. The third kappa shape index (κ3) is 13.4. The molecule has 0 saturated heterocycles. The average molecular weight is 505 g/mol. The summed E-state index contributed by atoms with van der Waals surface area (Å²) in [4.78, 5) is 37.7. The molecule has 3 amide bonds. The minimum atomic E-state index is -1.76. The molecule has 36 heavy (non-hydrogen) atoms. The Bertz CT molecular complexity index is 820. The van der Waals surface area contributed by atoms with Gasteiger partial charge in [0.15, 0.2) is 0 Å². The molecule has 0 aromatic rings. The Morgan fingerprint density at radius 3 is 2.03 bits per heavy atom. The maximum Gasteiger partial charge on any atom is 0.475 e. The van der Waals surface area contributed by atoms with E-state index in [-0.39, 0.29) is 35.8 Å². The van der Waals surface area contributed by atoms with E-state index in [1.54, 1.807) is 19.9 Å². The molecule has 3 atom stereocenters. The predicted octanol–water partition coefficient (Wildman–Crippen LogP) is 1.86. The maximum absolute atomic E-state index is 13.0. The molecule has 0 fully saturated rings. The highest BCUT2D eigenvalue weighted by Crippen LogP contribution is 2.12. The molecule has 0 spiro atoms. The molecular formula is C25H44BN5O5. The number of allylic oxidation sites excluding steroid dienone is 2. The number of carbonyl (C=O) groups excluding carboxylic acids is 3. The van der Waals surface area contributed by atoms with Crippen LogP contribution in [0.15, 0.2) is 11.6 Å². The summed E-state index contributed by atoms with van der Waals surface area (Å²) in [5, 5.41) is 44.6. The van der Waals surface area contributed by atoms with Gasteiger partial charge in [0.1, 0.15) is 18.2 Å². The second-order valence-corrected chi connectivity index (χ2v) is 10.3. The first-order valence-electron chi connectivity index (χ1n) is 12.7. The number of hydrogen-bond acceptors (Lipinski definition) is 7. The topological polar surface area (TPSA) is 175 Å². The standard InChI is InChI=1S/C25H44BN5O5/c1-15(2)12-19(14-27)20(28)10-8-9-11-21(25(34)31-22(26(35)36)13-16(3)4)30-24(33)18(7)29-23(32)17(5)6/h12,15-18,21-22,28,35-36H,8-11,13H2,1-7H3,(H,29,32)(H,30,33)(H,31,34). The molecule has 0 heterocycles. The molecule has 10 nitrogen and oxygen atoms in total. The number of unbranched alkanes of at least 4 members (excludes halogenated alkanes) is 1. The molecule has 0 saturated carbocycles. The monoisotopic (exact) mass is 505 g/mol. The molecular weight excluding hydrogens is 461 g/mol. The number of rotatable bonds is 16. The lowest BCUT2D eigenvalue weighted by atomic mass is 9.75. The molecule has 6 N–H and O–H groups in total. The van der Waals surface area contributed by atoms with Crippen LogP contribution in [0.25, 0.3) is 0 Å². The number of carbonyl (C=O) groups is 3. The van der Waals surface area contributed by atoms with Crippen LogP contribution in [0, 0.1) is 34.5 Å². The van der Waals surface area contributed by atoms with Crippen LogP contribution in [0.4, 0.5) is 0 Å². The second-order valence-electron chi connectivity index (χ2n) is 10.3. The molecule has 0 aliphatic heterocycles. The first-order valence-corrected chi connectivity index (χ1v) is 12.7. The lowest BCUT2D eigenvalue weighted by Crippen LogP contribution is -2.56. The highest BCUT2D eigenvalue weighted by Gasteiger charge is 2.30. The largest absolute Gasteiger partial charge is 0.475 e. The van der Waals surface area contributed by atoms with Crippen molar-refractivity contribution in [3.8, 4) is 6.07 Å². The Morgan fingerprint density at radius 1 is 0.944 bits per heavy atom. The summed E-state index contributed by atoms with van der Waals surface area (Å²) in [7, 11) is -1.76. The van der Waals surface area contributed by atoms with Crippen LogP contribution < -0.4 is 16.0 Å². The van der Waals surface area contributed by atoms with Gasteiger partial charge in [0, 0.05) is 11.6 Å². The minimum absolute atomic E-state index is 0.0932. The quantitative estimate of drug-likeness (QED) is 0.0808. The van der Waals surface area contributed by atoms with Crippen molar-refractivity contribution < 1.29 is 24.4 Å². The van der Waals surface area contributed by atoms with E-state index < -0.39 is 37.0 Å². The summed E-state index contributed by atoms with van der Waals surface area (Å²) >= 11 is 0. The maximum atomic E-state index is 13.0. The third-order valence-electron chi connectivity index (χ3n) is 5.44. The fourth-order valence-corrected chi connectivity index (χ4v) is 3.38. The summed E-state index contributed by atoms with van der Waals surface area (Å²) in [5.41, 5.74) is 0.553. The van der Waals surface area contributed by atoms with E-state index in [2.05, 4.69) is 16.0 Å². The molecule has 0 aliphatic carbocycles. The lowest BCUT2D eigenvalue weighted by molar-refractivity contribution is -0.132. The van der Waals surface area contributed by atoms with Gasteiger partial charge >= 0.3 is 7.12 Å². The molecule has 3 unspecified atom stereocenters. The van der Waals surface area contributed by atoms with Crippen LogP contribution in [0.1, 0.15) is 80.6 Å². The van der Waals surface area contributed by atoms with Gasteiger partial charge in [-0.15, -0.1) is 0 Å². The van der Waals surface area contributed by atoms with E-state index in [1.807, 2.05) is 33.8 Å². The van der Waals surface area contributed by atoms with Crippen molar-refractivity contribution in [2.75, 3.05) is 0 Å². The Hall–Kier alpha value is -2.71. The molecule has 11 heteroatoms. The van der Waals surface area contributed by atoms with Crippen LogP contribution in [0.2, 0.25) is 0 Å². The van der Waals surface area contributed by atoms with Crippen molar-refractivity contribution in [3.05, 3.63) is 11.6 Å². The van der Waals surface area contributed by atoms with Crippen molar-refractivity contribution >= 4 is 30.6 Å². The molecule has 0 radical (unpaired) electrons. The Morgan fingerprint density at radius 2 is 1.56 bits per heavy atom. The highest BCUT2D eigenvalue weighted by atomic mass is 16.4. The number of nitrogens with zero attached hydrogens (tertiary/aromatic N) is 1. The molecule has 0 rings (SSSR count). The second kappa shape index (κ2) is 16.9. The van der Waals surface area contributed by atoms with Gasteiger partial charge in [-0.3, -0.25) is 14.4 Å². The smallest absolute Gasteiger partial charge is 0.426 e. The molecule has 0 aliphatic rings. The van der Waals surface area contributed by atoms with Gasteiger partial charge in [-0.25, -0.2) is 0 Å². The Labute approximate surface area is 216 Å². The van der Waals surface area contributed by atoms with Crippen LogP contribution in [-0.4, -0.2) is 58.6 Å². The number of hydrogen-bond donors (Lipinski definition) is 6. The van der Waals surface area contributed by atoms with Gasteiger partial charge < -0.3 is 31.4 Å². The summed E-state index contributed by atoms with van der Waals surface area (Å²) < 4.78 is 0. The SMILES string of the molecule is CC(C)C=C(C#N)C(=N)CCCCC(NC(=O)C(C)NC(=O)C(C)C)C(=O)NC(CC(C)C)B(O)O. The molecule has 0 bridgehead atoms. The number of nitriles is 1. The van der Waals surface area contributed by atoms with Crippen molar-refractivity contribution in [1.29, 1.82) is 10.7 Å². The fraction of sp³-hybridized carbons (Fsp3) is 0.720. The molecule has 0 aromatic heterocycles. The van der Waals surface area contributed by atoms with Gasteiger partial charge in [-0.05, 0) is 44.4 Å². The average Bonchev–Trinajstić information content (AvgIpc) is 2.77. The van der Waals surface area contributed by atoms with Crippen LogP contribution in [0.3, 0.4) is 0 Å². The van der Waals surface area contributed by atoms with E-state index in [0.29, 0.717) is 31.3 Å². The summed E-state index contributed by atoms with van der Waals surface area (Å²) in [6, 6.07) is 0.209. The van der Waals surface area contributed by atoms with Gasteiger partial charge in [0.2, 0.25) is 17.7 Å². The van der Waals surface area contributed by atoms with Gasteiger partial charge in [-0.1, -0.05) is 54.0 Å². The third-order valence-corrected chi connectivity index (χ3v) is 5.44. The van der Waals surface area contributed by atoms with E-state index in [0.717, 1.165) is 0 Å². The van der Waals surface area contributed by atoms with Crippen molar-refractivity contribution in [1.82, 2.24) is 16.0 Å². The normalized spacial score (nSPS) is 14.1. The lowest BCUT2D eigenvalue weighted by Gasteiger charge is -2.25. The molecule has 202 valence electrons. The minimum Gasteiger partial charge on any atom is -0.426 e. The first-order chi connectivity index (χ1) is 16.7. The zero-order chi connectivity index (χ0) is 28.0. The number of amides is 3. The summed E-state index contributed by atoms with van der Waals surface area (Å²) in [6.07, 6.45) is 3.65. The van der Waals surface area contributed by atoms with E-state index in [9.17, 15) is 29.7 Å². The van der Waals surface area contributed by atoms with Crippen LogP contribution >= 0.6 is 0 Å². The van der Waals surface area contributed by atoms with Gasteiger partial charge in [0.05, 0.1) is 11.5 Å². The van der Waals surface area contributed by atoms with Crippen LogP contribution in [0.5, 0.6) is 0 Å². The Balaban J connectivity index is 5.35. The zero-order valence-electron chi connectivity index (χ0n) is 22.7. The van der Waals surface area contributed by atoms with Crippen molar-refractivity contribution in [2.24, 2.45) is 17.8 Å². The van der Waals surface area contributed by atoms with Crippen LogP contribution in [-0.2, 0) is 14.4 Å². The van der Waals surface area contributed by atoms with E-state index in [4.69, 9.17) is 5.41 Å².